The van der Waals surface area contributed by atoms with Gasteiger partial charge in [-0.15, -0.1) is 70.3 Å². The van der Waals surface area contributed by atoms with E-state index >= 15 is 0 Å². The zero-order valence-corrected chi connectivity index (χ0v) is 27.6. The third-order valence-electron chi connectivity index (χ3n) is 8.21. The second-order valence-electron chi connectivity index (χ2n) is 11.0. The SMILES string of the molecule is [Ir].[c-]1ccc2c(c1-c1nc3nnccc3n1-c1ccccc1)Cc1cc(-c3ccccc3)ccc1-2.[c-]1ccccc1-c1ccccn1. The molecule has 3 heterocycles. The van der Waals surface area contributed by atoms with Crippen LogP contribution in [0.1, 0.15) is 11.1 Å². The van der Waals surface area contributed by atoms with E-state index in [-0.39, 0.29) is 20.1 Å². The van der Waals surface area contributed by atoms with Crippen LogP contribution in [0.5, 0.6) is 0 Å². The van der Waals surface area contributed by atoms with Crippen LogP contribution in [0, 0.1) is 12.1 Å². The van der Waals surface area contributed by atoms with E-state index < -0.39 is 0 Å². The molecule has 1 aliphatic rings. The number of aromatic nitrogens is 5. The molecule has 1 radical (unpaired) electrons. The van der Waals surface area contributed by atoms with Crippen LogP contribution >= 0.6 is 0 Å². The number of para-hydroxylation sites is 1. The summed E-state index contributed by atoms with van der Waals surface area (Å²) in [5.74, 6) is 0.842. The number of pyridine rings is 1. The van der Waals surface area contributed by atoms with Crippen molar-refractivity contribution >= 4 is 11.2 Å². The van der Waals surface area contributed by atoms with Crippen molar-refractivity contribution in [3.63, 3.8) is 0 Å². The Bertz CT molecular complexity index is 2230. The summed E-state index contributed by atoms with van der Waals surface area (Å²) in [6.07, 6.45) is 4.35. The Labute approximate surface area is 287 Å². The molecule has 0 saturated heterocycles. The summed E-state index contributed by atoms with van der Waals surface area (Å²) >= 11 is 0. The Hall–Kier alpha value is -5.55. The van der Waals surface area contributed by atoms with Crippen molar-refractivity contribution < 1.29 is 20.1 Å². The Morgan fingerprint density at radius 1 is 0.638 bits per heavy atom. The molecule has 227 valence electrons. The maximum absolute atomic E-state index is 4.92. The molecule has 3 aromatic heterocycles. The van der Waals surface area contributed by atoms with Gasteiger partial charge in [-0.3, -0.25) is 4.98 Å². The normalized spacial score (nSPS) is 11.1. The van der Waals surface area contributed by atoms with E-state index in [0.29, 0.717) is 5.65 Å². The average Bonchev–Trinajstić information content (AvgIpc) is 3.72. The van der Waals surface area contributed by atoms with Crippen LogP contribution < -0.4 is 0 Å². The maximum Gasteiger partial charge on any atom is 0.190 e. The second-order valence-corrected chi connectivity index (χ2v) is 11.0. The summed E-state index contributed by atoms with van der Waals surface area (Å²) in [5, 5.41) is 8.36. The van der Waals surface area contributed by atoms with Gasteiger partial charge >= 0.3 is 0 Å². The molecule has 0 atom stereocenters. The van der Waals surface area contributed by atoms with Gasteiger partial charge in [0.05, 0.1) is 17.5 Å². The molecule has 9 rings (SSSR count). The molecule has 0 unspecified atom stereocenters. The minimum atomic E-state index is 0. The van der Waals surface area contributed by atoms with Crippen molar-refractivity contribution in [2.75, 3.05) is 0 Å². The molecule has 0 spiro atoms. The molecular formula is C41H27IrN5-2. The summed E-state index contributed by atoms with van der Waals surface area (Å²) in [5.41, 5.74) is 13.2. The molecule has 0 saturated carbocycles. The van der Waals surface area contributed by atoms with E-state index in [1.807, 2.05) is 72.8 Å². The first-order valence-corrected chi connectivity index (χ1v) is 15.2. The topological polar surface area (TPSA) is 56.5 Å². The van der Waals surface area contributed by atoms with E-state index in [9.17, 15) is 0 Å². The van der Waals surface area contributed by atoms with Gasteiger partial charge in [0.2, 0.25) is 0 Å². The molecule has 1 aliphatic carbocycles. The summed E-state index contributed by atoms with van der Waals surface area (Å²) in [6, 6.07) is 54.1. The molecule has 0 amide bonds. The van der Waals surface area contributed by atoms with Crippen LogP contribution in [0.25, 0.3) is 61.8 Å². The van der Waals surface area contributed by atoms with E-state index in [4.69, 9.17) is 4.98 Å². The van der Waals surface area contributed by atoms with E-state index in [0.717, 1.165) is 40.3 Å². The Kier molecular flexibility index (Phi) is 8.61. The molecule has 0 aliphatic heterocycles. The Balaban J connectivity index is 0.000000228. The van der Waals surface area contributed by atoms with Gasteiger partial charge in [0, 0.05) is 32.0 Å². The largest absolute Gasteiger partial charge is 0.332 e. The third kappa shape index (κ3) is 5.93. The fraction of sp³-hybridized carbons (Fsp3) is 0.0244. The van der Waals surface area contributed by atoms with Crippen LogP contribution in [0.3, 0.4) is 0 Å². The van der Waals surface area contributed by atoms with Gasteiger partial charge in [0.1, 0.15) is 0 Å². The van der Waals surface area contributed by atoms with Gasteiger partial charge in [-0.25, -0.2) is 0 Å². The summed E-state index contributed by atoms with van der Waals surface area (Å²) < 4.78 is 2.16. The minimum absolute atomic E-state index is 0. The molecule has 5 nitrogen and oxygen atoms in total. The summed E-state index contributed by atoms with van der Waals surface area (Å²) in [6.45, 7) is 0. The Morgan fingerprint density at radius 3 is 2.23 bits per heavy atom. The molecule has 0 N–H and O–H groups in total. The van der Waals surface area contributed by atoms with Crippen molar-refractivity contribution in [1.29, 1.82) is 0 Å². The van der Waals surface area contributed by atoms with Gasteiger partial charge in [0.25, 0.3) is 0 Å². The van der Waals surface area contributed by atoms with Crippen molar-refractivity contribution in [2.24, 2.45) is 0 Å². The molecule has 5 aromatic carbocycles. The zero-order chi connectivity index (χ0) is 30.7. The van der Waals surface area contributed by atoms with Crippen LogP contribution in [0.2, 0.25) is 0 Å². The monoisotopic (exact) mass is 782 g/mol. The quantitative estimate of drug-likeness (QED) is 0.167. The molecular weight excluding hydrogens is 755 g/mol. The van der Waals surface area contributed by atoms with E-state index in [2.05, 4.69) is 98.6 Å². The number of nitrogens with zero attached hydrogens (tertiary/aromatic N) is 5. The number of hydrogen-bond acceptors (Lipinski definition) is 4. The predicted octanol–water partition coefficient (Wildman–Crippen LogP) is 9.07. The number of hydrogen-bond donors (Lipinski definition) is 0. The van der Waals surface area contributed by atoms with E-state index in [1.165, 1.54) is 33.4 Å². The van der Waals surface area contributed by atoms with Gasteiger partial charge in [-0.2, -0.15) is 5.10 Å². The third-order valence-corrected chi connectivity index (χ3v) is 8.21. The van der Waals surface area contributed by atoms with Gasteiger partial charge in [-0.05, 0) is 58.6 Å². The van der Waals surface area contributed by atoms with Crippen LogP contribution in [0.4, 0.5) is 0 Å². The summed E-state index contributed by atoms with van der Waals surface area (Å²) in [4.78, 5) is 9.14. The fourth-order valence-corrected chi connectivity index (χ4v) is 6.09. The first-order valence-electron chi connectivity index (χ1n) is 15.2. The van der Waals surface area contributed by atoms with Crippen molar-refractivity contribution in [1.82, 2.24) is 24.7 Å². The molecule has 6 heteroatoms. The standard InChI is InChI=1S/C30H19N4.C11H8N.Ir/c1-3-8-20(9-4-1)21-14-15-24-22(18-21)19-27-25(24)12-7-13-26(27)30-32-29-28(16-17-31-33-29)34(30)23-10-5-2-6-11-23;1-2-6-10(7-3-1)11-8-4-5-9-12-11;/h1-12,14-18H,19H2;1-6,8-9H;/q2*-1;. The van der Waals surface area contributed by atoms with Crippen LogP contribution in [-0.2, 0) is 26.5 Å². The molecule has 47 heavy (non-hydrogen) atoms. The zero-order valence-electron chi connectivity index (χ0n) is 25.2. The Morgan fingerprint density at radius 2 is 1.45 bits per heavy atom. The average molecular weight is 782 g/mol. The number of fused-ring (bicyclic) bond motifs is 4. The minimum Gasteiger partial charge on any atom is -0.332 e. The number of rotatable bonds is 4. The van der Waals surface area contributed by atoms with Gasteiger partial charge < -0.3 is 9.55 Å². The predicted molar refractivity (Wildman–Crippen MR) is 183 cm³/mol. The van der Waals surface area contributed by atoms with Crippen LogP contribution in [0.15, 0.2) is 152 Å². The van der Waals surface area contributed by atoms with Gasteiger partial charge in [-0.1, -0.05) is 84.4 Å². The van der Waals surface area contributed by atoms with Gasteiger partial charge in [0.15, 0.2) is 5.65 Å². The smallest absolute Gasteiger partial charge is 0.190 e. The molecule has 0 bridgehead atoms. The first-order chi connectivity index (χ1) is 22.8. The summed E-state index contributed by atoms with van der Waals surface area (Å²) in [7, 11) is 0. The van der Waals surface area contributed by atoms with Crippen molar-refractivity contribution in [2.45, 2.75) is 6.42 Å². The molecule has 8 aromatic rings. The second kappa shape index (κ2) is 13.4. The maximum atomic E-state index is 4.92. The van der Waals surface area contributed by atoms with E-state index in [1.54, 1.807) is 12.4 Å². The van der Waals surface area contributed by atoms with Crippen LogP contribution in [-0.4, -0.2) is 24.7 Å². The fourth-order valence-electron chi connectivity index (χ4n) is 6.09. The molecule has 0 fully saturated rings. The van der Waals surface area contributed by atoms with Crippen molar-refractivity contribution in [3.8, 4) is 50.6 Å². The number of benzene rings is 5. The first kappa shape index (κ1) is 30.1. The number of imidazole rings is 1. The van der Waals surface area contributed by atoms with Crippen molar-refractivity contribution in [3.05, 3.63) is 175 Å².